The summed E-state index contributed by atoms with van der Waals surface area (Å²) in [5, 5.41) is 17.5. The Morgan fingerprint density at radius 2 is 2.00 bits per heavy atom. The summed E-state index contributed by atoms with van der Waals surface area (Å²) in [5.74, 6) is 0.581. The van der Waals surface area contributed by atoms with Crippen molar-refractivity contribution in [2.24, 2.45) is 5.10 Å². The number of aromatic nitrogens is 2. The van der Waals surface area contributed by atoms with E-state index >= 15 is 0 Å². The molecule has 0 spiro atoms. The van der Waals surface area contributed by atoms with Crippen LogP contribution in [0, 0.1) is 10.1 Å². The van der Waals surface area contributed by atoms with Crippen LogP contribution in [-0.4, -0.2) is 27.4 Å². The normalized spacial score (nSPS) is 11.4. The summed E-state index contributed by atoms with van der Waals surface area (Å²) in [6, 6.07) is 18.1. The highest BCUT2D eigenvalue weighted by molar-refractivity contribution is 6.31. The number of ether oxygens (including phenoxy) is 1. The molecule has 2 aromatic heterocycles. The zero-order valence-electron chi connectivity index (χ0n) is 18.6. The van der Waals surface area contributed by atoms with Crippen LogP contribution in [0.2, 0.25) is 5.02 Å². The molecule has 0 atom stereocenters. The van der Waals surface area contributed by atoms with E-state index in [1.54, 1.807) is 54.6 Å². The number of benzene rings is 3. The minimum absolute atomic E-state index is 0.100. The van der Waals surface area contributed by atoms with Gasteiger partial charge in [0.1, 0.15) is 12.2 Å². The summed E-state index contributed by atoms with van der Waals surface area (Å²) in [6.07, 6.45) is 2.83. The van der Waals surface area contributed by atoms with E-state index in [2.05, 4.69) is 16.7 Å². The molecule has 178 valence electrons. The van der Waals surface area contributed by atoms with Gasteiger partial charge in [-0.2, -0.15) is 9.78 Å². The first-order valence-electron chi connectivity index (χ1n) is 10.7. The number of hydrogen-bond acceptors (Lipinski definition) is 7. The van der Waals surface area contributed by atoms with Crippen LogP contribution in [0.15, 0.2) is 93.7 Å². The van der Waals surface area contributed by atoms with E-state index < -0.39 is 10.5 Å². The third-order valence-corrected chi connectivity index (χ3v) is 5.55. The Morgan fingerprint density at radius 3 is 2.81 bits per heavy atom. The van der Waals surface area contributed by atoms with E-state index in [1.807, 2.05) is 0 Å². The molecule has 5 aromatic rings. The lowest BCUT2D eigenvalue weighted by Crippen LogP contribution is -2.20. The first-order valence-corrected chi connectivity index (χ1v) is 11.1. The fraction of sp³-hybridized carbons (Fsp3) is 0.0385. The van der Waals surface area contributed by atoms with Gasteiger partial charge in [-0.1, -0.05) is 36.4 Å². The van der Waals surface area contributed by atoms with Crippen LogP contribution >= 0.6 is 11.6 Å². The smallest absolute Gasteiger partial charge is 0.311 e. The van der Waals surface area contributed by atoms with Crippen molar-refractivity contribution in [2.75, 3.05) is 6.61 Å². The maximum atomic E-state index is 13.4. The summed E-state index contributed by atoms with van der Waals surface area (Å²) in [5.41, 5.74) is 0.764. The number of halogens is 1. The largest absolute Gasteiger partial charge is 0.483 e. The van der Waals surface area contributed by atoms with Gasteiger partial charge in [-0.3, -0.25) is 14.9 Å². The maximum absolute atomic E-state index is 13.4. The summed E-state index contributed by atoms with van der Waals surface area (Å²) < 4.78 is 12.4. The van der Waals surface area contributed by atoms with Crippen LogP contribution in [-0.2, 0) is 0 Å². The molecule has 2 heterocycles. The standard InChI is InChI=1S/C26H17ClN4O5/c1-2-11-35-23-9-7-16(12-21(23)31(33)34)15-28-30-25(29-20-6-4-3-5-19(20)26(30)32)24-14-17-13-18(27)8-10-22(17)36-24/h2-10,12-15H,1,11H2. The van der Waals surface area contributed by atoms with Crippen molar-refractivity contribution in [1.29, 1.82) is 0 Å². The predicted octanol–water partition coefficient (Wildman–Crippen LogP) is 5.82. The molecule has 0 saturated heterocycles. The van der Waals surface area contributed by atoms with Crippen LogP contribution in [0.25, 0.3) is 33.5 Å². The highest BCUT2D eigenvalue weighted by Gasteiger charge is 2.18. The second-order valence-electron chi connectivity index (χ2n) is 7.69. The van der Waals surface area contributed by atoms with Gasteiger partial charge in [0, 0.05) is 22.0 Å². The van der Waals surface area contributed by atoms with Gasteiger partial charge in [-0.05, 0) is 48.5 Å². The van der Waals surface area contributed by atoms with Crippen molar-refractivity contribution in [3.8, 4) is 17.3 Å². The van der Waals surface area contributed by atoms with Crippen molar-refractivity contribution >= 4 is 45.4 Å². The molecule has 3 aromatic carbocycles. The first-order chi connectivity index (χ1) is 17.4. The SMILES string of the molecule is C=CCOc1ccc(C=Nn2c(-c3cc4cc(Cl)ccc4o3)nc3ccccc3c2=O)cc1[N+](=O)[O-]. The maximum Gasteiger partial charge on any atom is 0.311 e. The van der Waals surface area contributed by atoms with Gasteiger partial charge in [-0.25, -0.2) is 4.98 Å². The van der Waals surface area contributed by atoms with Crippen LogP contribution in [0.5, 0.6) is 5.75 Å². The minimum atomic E-state index is -0.551. The lowest BCUT2D eigenvalue weighted by atomic mass is 10.2. The van der Waals surface area contributed by atoms with Gasteiger partial charge in [0.05, 0.1) is 22.0 Å². The van der Waals surface area contributed by atoms with Crippen LogP contribution in [0.4, 0.5) is 5.69 Å². The Balaban J connectivity index is 1.65. The lowest BCUT2D eigenvalue weighted by Gasteiger charge is -2.07. The summed E-state index contributed by atoms with van der Waals surface area (Å²) >= 11 is 6.10. The second kappa shape index (κ2) is 9.47. The Bertz CT molecular complexity index is 1740. The average Bonchev–Trinajstić information content (AvgIpc) is 3.30. The number of nitrogens with zero attached hydrogens (tertiary/aromatic N) is 4. The molecular formula is C26H17ClN4O5. The fourth-order valence-electron chi connectivity index (χ4n) is 3.67. The molecule has 10 heteroatoms. The highest BCUT2D eigenvalue weighted by Crippen LogP contribution is 2.30. The number of rotatable bonds is 7. The van der Waals surface area contributed by atoms with Crippen LogP contribution in [0.1, 0.15) is 5.56 Å². The quantitative estimate of drug-likeness (QED) is 0.120. The van der Waals surface area contributed by atoms with Crippen LogP contribution < -0.4 is 10.3 Å². The zero-order valence-corrected chi connectivity index (χ0v) is 19.4. The third-order valence-electron chi connectivity index (χ3n) is 5.31. The molecule has 0 N–H and O–H groups in total. The molecule has 0 unspecified atom stereocenters. The molecule has 0 radical (unpaired) electrons. The number of nitro benzene ring substituents is 1. The summed E-state index contributed by atoms with van der Waals surface area (Å²) in [4.78, 5) is 29.0. The van der Waals surface area contributed by atoms with Gasteiger partial charge in [0.25, 0.3) is 5.56 Å². The van der Waals surface area contributed by atoms with Crippen molar-refractivity contribution in [3.63, 3.8) is 0 Å². The first kappa shape index (κ1) is 23.0. The molecule has 5 rings (SSSR count). The van der Waals surface area contributed by atoms with E-state index in [-0.39, 0.29) is 23.9 Å². The summed E-state index contributed by atoms with van der Waals surface area (Å²) in [6.45, 7) is 3.67. The van der Waals surface area contributed by atoms with Gasteiger partial charge in [-0.15, -0.1) is 0 Å². The highest BCUT2D eigenvalue weighted by atomic mass is 35.5. The van der Waals surface area contributed by atoms with E-state index in [9.17, 15) is 14.9 Å². The van der Waals surface area contributed by atoms with Gasteiger partial charge < -0.3 is 9.15 Å². The Hall–Kier alpha value is -4.76. The number of furan rings is 1. The molecule has 0 aliphatic carbocycles. The fourth-order valence-corrected chi connectivity index (χ4v) is 3.85. The molecule has 0 saturated carbocycles. The number of nitro groups is 1. The Labute approximate surface area is 208 Å². The van der Waals surface area contributed by atoms with Crippen LogP contribution in [0.3, 0.4) is 0 Å². The molecule has 0 aliphatic rings. The molecule has 36 heavy (non-hydrogen) atoms. The van der Waals surface area contributed by atoms with E-state index in [4.69, 9.17) is 20.8 Å². The molecule has 0 amide bonds. The topological polar surface area (TPSA) is 113 Å². The van der Waals surface area contributed by atoms with Crippen molar-refractivity contribution in [3.05, 3.63) is 110 Å². The molecule has 9 nitrogen and oxygen atoms in total. The predicted molar refractivity (Wildman–Crippen MR) is 138 cm³/mol. The Kier molecular flexibility index (Phi) is 6.05. The Morgan fingerprint density at radius 1 is 1.17 bits per heavy atom. The average molecular weight is 501 g/mol. The molecule has 0 aliphatic heterocycles. The number of hydrogen-bond donors (Lipinski definition) is 0. The molecule has 0 fully saturated rings. The molecule has 0 bridgehead atoms. The van der Waals surface area contributed by atoms with Gasteiger partial charge in [0.15, 0.2) is 11.5 Å². The van der Waals surface area contributed by atoms with E-state index in [0.717, 1.165) is 10.1 Å². The molecular weight excluding hydrogens is 484 g/mol. The van der Waals surface area contributed by atoms with Crippen molar-refractivity contribution < 1.29 is 14.1 Å². The van der Waals surface area contributed by atoms with Gasteiger partial charge >= 0.3 is 5.69 Å². The second-order valence-corrected chi connectivity index (χ2v) is 8.13. The van der Waals surface area contributed by atoms with E-state index in [0.29, 0.717) is 32.8 Å². The lowest BCUT2D eigenvalue weighted by molar-refractivity contribution is -0.385. The zero-order chi connectivity index (χ0) is 25.2. The van der Waals surface area contributed by atoms with Crippen molar-refractivity contribution in [2.45, 2.75) is 0 Å². The minimum Gasteiger partial charge on any atom is -0.483 e. The van der Waals surface area contributed by atoms with Gasteiger partial charge in [0.2, 0.25) is 5.82 Å². The van der Waals surface area contributed by atoms with Crippen molar-refractivity contribution in [1.82, 2.24) is 9.66 Å². The summed E-state index contributed by atoms with van der Waals surface area (Å²) in [7, 11) is 0. The van der Waals surface area contributed by atoms with E-state index in [1.165, 1.54) is 24.4 Å². The number of para-hydroxylation sites is 1. The third kappa shape index (κ3) is 4.35. The number of fused-ring (bicyclic) bond motifs is 2. The monoisotopic (exact) mass is 500 g/mol.